The average Bonchev–Trinajstić information content (AvgIpc) is 2.89. The van der Waals surface area contributed by atoms with Gasteiger partial charge in [-0.15, -0.1) is 0 Å². The quantitative estimate of drug-likeness (QED) is 0.584. The van der Waals surface area contributed by atoms with E-state index in [2.05, 4.69) is 11.9 Å². The molecule has 0 radical (unpaired) electrons. The van der Waals surface area contributed by atoms with Crippen molar-refractivity contribution in [2.75, 3.05) is 39.8 Å². The highest BCUT2D eigenvalue weighted by atomic mass is 32.2. The number of hydrogen-bond acceptors (Lipinski definition) is 5. The van der Waals surface area contributed by atoms with E-state index in [1.54, 1.807) is 4.90 Å². The third kappa shape index (κ3) is 4.52. The summed E-state index contributed by atoms with van der Waals surface area (Å²) in [6.07, 6.45) is 2.18. The number of carbonyl (C=O) groups excluding carboxylic acids is 2. The van der Waals surface area contributed by atoms with Gasteiger partial charge in [0.25, 0.3) is 5.91 Å². The molecule has 2 heterocycles. The van der Waals surface area contributed by atoms with Crippen molar-refractivity contribution in [1.82, 2.24) is 14.7 Å². The van der Waals surface area contributed by atoms with Crippen LogP contribution in [0.1, 0.15) is 17.5 Å². The van der Waals surface area contributed by atoms with E-state index in [0.717, 1.165) is 31.7 Å². The van der Waals surface area contributed by atoms with Gasteiger partial charge in [0, 0.05) is 39.1 Å². The first kappa shape index (κ1) is 19.1. The molecule has 0 aliphatic carbocycles. The van der Waals surface area contributed by atoms with Crippen LogP contribution in [-0.4, -0.2) is 70.6 Å². The third-order valence-corrected chi connectivity index (χ3v) is 6.03. The first-order valence-electron chi connectivity index (χ1n) is 8.72. The van der Waals surface area contributed by atoms with Crippen LogP contribution in [0.3, 0.4) is 0 Å². The van der Waals surface area contributed by atoms with Crippen molar-refractivity contribution >= 4 is 46.2 Å². The Hall–Kier alpha value is -1.70. The Morgan fingerprint density at radius 3 is 2.50 bits per heavy atom. The minimum Gasteiger partial charge on any atom is -0.340 e. The summed E-state index contributed by atoms with van der Waals surface area (Å²) < 4.78 is 0.527. The summed E-state index contributed by atoms with van der Waals surface area (Å²) in [5.74, 6) is -0.0126. The Morgan fingerprint density at radius 1 is 1.19 bits per heavy atom. The van der Waals surface area contributed by atoms with Crippen LogP contribution < -0.4 is 0 Å². The number of amides is 2. The molecule has 7 heteroatoms. The van der Waals surface area contributed by atoms with Crippen molar-refractivity contribution in [3.8, 4) is 0 Å². The number of hydrogen-bond donors (Lipinski definition) is 0. The second-order valence-electron chi connectivity index (χ2n) is 6.68. The Labute approximate surface area is 164 Å². The number of nitrogens with zero attached hydrogens (tertiary/aromatic N) is 3. The molecule has 2 aliphatic heterocycles. The average molecular weight is 390 g/mol. The third-order valence-electron chi connectivity index (χ3n) is 4.65. The molecule has 0 saturated carbocycles. The molecule has 2 saturated heterocycles. The van der Waals surface area contributed by atoms with E-state index in [1.165, 1.54) is 17.3 Å². The van der Waals surface area contributed by atoms with Gasteiger partial charge >= 0.3 is 0 Å². The predicted octanol–water partition coefficient (Wildman–Crippen LogP) is 2.36. The lowest BCUT2D eigenvalue weighted by atomic mass is 10.1. The Kier molecular flexibility index (Phi) is 6.11. The molecular weight excluding hydrogens is 366 g/mol. The van der Waals surface area contributed by atoms with Crippen LogP contribution in [0.5, 0.6) is 0 Å². The van der Waals surface area contributed by atoms with Crippen LogP contribution in [0, 0.1) is 6.92 Å². The van der Waals surface area contributed by atoms with E-state index in [0.29, 0.717) is 22.2 Å². The van der Waals surface area contributed by atoms with Gasteiger partial charge in [-0.3, -0.25) is 14.5 Å². The van der Waals surface area contributed by atoms with Gasteiger partial charge in [-0.1, -0.05) is 53.8 Å². The molecule has 0 atom stereocenters. The van der Waals surface area contributed by atoms with Crippen LogP contribution in [-0.2, 0) is 9.59 Å². The summed E-state index contributed by atoms with van der Waals surface area (Å²) in [7, 11) is 2.06. The molecule has 2 fully saturated rings. The molecule has 5 nitrogen and oxygen atoms in total. The first-order chi connectivity index (χ1) is 12.4. The van der Waals surface area contributed by atoms with Crippen molar-refractivity contribution in [2.24, 2.45) is 0 Å². The maximum absolute atomic E-state index is 12.6. The van der Waals surface area contributed by atoms with Crippen LogP contribution in [0.4, 0.5) is 0 Å². The number of thiocarbonyl (C=S) groups is 1. The van der Waals surface area contributed by atoms with Gasteiger partial charge in [0.1, 0.15) is 4.32 Å². The van der Waals surface area contributed by atoms with E-state index in [1.807, 2.05) is 42.2 Å². The lowest BCUT2D eigenvalue weighted by Gasteiger charge is -2.32. The summed E-state index contributed by atoms with van der Waals surface area (Å²) in [6, 6.07) is 8.00. The smallest absolute Gasteiger partial charge is 0.266 e. The predicted molar refractivity (Wildman–Crippen MR) is 110 cm³/mol. The van der Waals surface area contributed by atoms with E-state index in [4.69, 9.17) is 12.2 Å². The van der Waals surface area contributed by atoms with E-state index < -0.39 is 0 Å². The Balaban J connectivity index is 1.59. The molecule has 0 bridgehead atoms. The van der Waals surface area contributed by atoms with Crippen molar-refractivity contribution in [2.45, 2.75) is 13.3 Å². The van der Waals surface area contributed by atoms with Crippen molar-refractivity contribution in [3.05, 3.63) is 40.3 Å². The van der Waals surface area contributed by atoms with Gasteiger partial charge in [0.2, 0.25) is 5.91 Å². The molecule has 2 amide bonds. The highest BCUT2D eigenvalue weighted by Crippen LogP contribution is 2.32. The highest BCUT2D eigenvalue weighted by Gasteiger charge is 2.32. The first-order valence-corrected chi connectivity index (χ1v) is 9.95. The lowest BCUT2D eigenvalue weighted by molar-refractivity contribution is -0.133. The Morgan fingerprint density at radius 2 is 1.85 bits per heavy atom. The zero-order valence-corrected chi connectivity index (χ0v) is 16.7. The van der Waals surface area contributed by atoms with Gasteiger partial charge in [0.15, 0.2) is 0 Å². The van der Waals surface area contributed by atoms with Crippen LogP contribution in [0.2, 0.25) is 0 Å². The number of thioether (sulfide) groups is 1. The highest BCUT2D eigenvalue weighted by molar-refractivity contribution is 8.26. The van der Waals surface area contributed by atoms with Gasteiger partial charge in [-0.2, -0.15) is 0 Å². The molecule has 1 aromatic carbocycles. The van der Waals surface area contributed by atoms with E-state index >= 15 is 0 Å². The zero-order chi connectivity index (χ0) is 18.7. The maximum atomic E-state index is 12.6. The molecule has 0 spiro atoms. The van der Waals surface area contributed by atoms with Gasteiger partial charge in [0.05, 0.1) is 4.91 Å². The minimum absolute atomic E-state index is 0.0923. The molecular formula is C19H23N3O2S2. The zero-order valence-electron chi connectivity index (χ0n) is 15.1. The topological polar surface area (TPSA) is 43.9 Å². The normalized spacial score (nSPS) is 20.3. The Bertz CT molecular complexity index is 738. The monoisotopic (exact) mass is 389 g/mol. The molecule has 0 N–H and O–H groups in total. The number of benzene rings is 1. The van der Waals surface area contributed by atoms with Gasteiger partial charge in [-0.05, 0) is 25.6 Å². The lowest BCUT2D eigenvalue weighted by Crippen LogP contribution is -2.47. The van der Waals surface area contributed by atoms with Crippen LogP contribution in [0.15, 0.2) is 29.2 Å². The molecule has 0 unspecified atom stereocenters. The van der Waals surface area contributed by atoms with E-state index in [9.17, 15) is 9.59 Å². The molecule has 0 aromatic heterocycles. The summed E-state index contributed by atoms with van der Waals surface area (Å²) in [4.78, 5) is 31.3. The fourth-order valence-corrected chi connectivity index (χ4v) is 4.24. The molecule has 26 heavy (non-hydrogen) atoms. The summed E-state index contributed by atoms with van der Waals surface area (Å²) in [5.41, 5.74) is 2.15. The number of rotatable bonds is 4. The fraction of sp³-hybridized carbons (Fsp3) is 0.421. The van der Waals surface area contributed by atoms with Gasteiger partial charge < -0.3 is 9.80 Å². The standard InChI is InChI=1S/C19H23N3O2S2/c1-14-3-5-15(6-4-14)13-16-18(24)22(19(25)26-16)8-7-17(23)21-11-9-20(2)10-12-21/h3-6,13H,7-12H2,1-2H3/b16-13-. The second kappa shape index (κ2) is 8.33. The molecule has 2 aliphatic rings. The summed E-state index contributed by atoms with van der Waals surface area (Å²) in [6.45, 7) is 5.67. The second-order valence-corrected chi connectivity index (χ2v) is 8.35. The minimum atomic E-state index is -0.105. The largest absolute Gasteiger partial charge is 0.340 e. The summed E-state index contributed by atoms with van der Waals surface area (Å²) in [5, 5.41) is 0. The van der Waals surface area contributed by atoms with Gasteiger partial charge in [-0.25, -0.2) is 0 Å². The maximum Gasteiger partial charge on any atom is 0.266 e. The SMILES string of the molecule is Cc1ccc(/C=C2\SC(=S)N(CCC(=O)N3CCN(C)CC3)C2=O)cc1. The number of aryl methyl sites for hydroxylation is 1. The van der Waals surface area contributed by atoms with Crippen LogP contribution >= 0.6 is 24.0 Å². The number of carbonyl (C=O) groups is 2. The van der Waals surface area contributed by atoms with Crippen molar-refractivity contribution < 1.29 is 9.59 Å². The number of likely N-dealkylation sites (N-methyl/N-ethyl adjacent to an activating group) is 1. The fourth-order valence-electron chi connectivity index (χ4n) is 2.93. The molecule has 1 aromatic rings. The number of piperazine rings is 1. The van der Waals surface area contributed by atoms with Crippen LogP contribution in [0.25, 0.3) is 6.08 Å². The molecule has 3 rings (SSSR count). The van der Waals surface area contributed by atoms with Crippen molar-refractivity contribution in [1.29, 1.82) is 0 Å². The molecule has 138 valence electrons. The summed E-state index contributed by atoms with van der Waals surface area (Å²) >= 11 is 6.66. The van der Waals surface area contributed by atoms with E-state index in [-0.39, 0.29) is 11.8 Å². The van der Waals surface area contributed by atoms with Crippen molar-refractivity contribution in [3.63, 3.8) is 0 Å².